The van der Waals surface area contributed by atoms with Crippen molar-refractivity contribution in [2.75, 3.05) is 34.5 Å². The highest BCUT2D eigenvalue weighted by Gasteiger charge is 2.31. The van der Waals surface area contributed by atoms with E-state index in [9.17, 15) is 4.79 Å². The van der Waals surface area contributed by atoms with E-state index in [1.165, 1.54) is 11.8 Å². The van der Waals surface area contributed by atoms with E-state index in [0.717, 1.165) is 12.0 Å². The summed E-state index contributed by atoms with van der Waals surface area (Å²) in [5, 5.41) is 0. The molecule has 0 saturated carbocycles. The van der Waals surface area contributed by atoms with E-state index in [-0.39, 0.29) is 5.91 Å². The molecule has 1 fully saturated rings. The summed E-state index contributed by atoms with van der Waals surface area (Å²) in [4.78, 5) is 14.7. The van der Waals surface area contributed by atoms with Gasteiger partial charge < -0.3 is 14.2 Å². The molecule has 0 unspecified atom stereocenters. The first-order valence-electron chi connectivity index (χ1n) is 7.07. The smallest absolute Gasteiger partial charge is 0.266 e. The molecule has 1 saturated heterocycles. The van der Waals surface area contributed by atoms with Crippen LogP contribution in [0.5, 0.6) is 11.5 Å². The number of ether oxygens (including phenoxy) is 3. The van der Waals surface area contributed by atoms with Crippen molar-refractivity contribution in [1.29, 1.82) is 0 Å². The predicted molar refractivity (Wildman–Crippen MR) is 95.9 cm³/mol. The summed E-state index contributed by atoms with van der Waals surface area (Å²) in [6.45, 7) is 1.16. The zero-order chi connectivity index (χ0) is 16.8. The Kier molecular flexibility index (Phi) is 6.44. The highest BCUT2D eigenvalue weighted by molar-refractivity contribution is 8.26. The van der Waals surface area contributed by atoms with Crippen molar-refractivity contribution in [2.45, 2.75) is 6.42 Å². The lowest BCUT2D eigenvalue weighted by Gasteiger charge is -2.13. The molecular weight excluding hydrogens is 334 g/mol. The maximum Gasteiger partial charge on any atom is 0.266 e. The standard InChI is InChI=1S/C16H19NO4S2/c1-19-8-4-7-17-15(18)14(23-16(17)22)10-11-9-12(20-2)5-6-13(11)21-3/h5-6,9-10H,4,7-8H2,1-3H3/b14-10-. The SMILES string of the molecule is COCCCN1C(=O)/C(=C/c2cc(OC)ccc2OC)SC1=S. The molecule has 0 bridgehead atoms. The molecule has 0 aliphatic carbocycles. The zero-order valence-electron chi connectivity index (χ0n) is 13.3. The Labute approximate surface area is 145 Å². The van der Waals surface area contributed by atoms with E-state index in [1.54, 1.807) is 32.3 Å². The van der Waals surface area contributed by atoms with Crippen molar-refractivity contribution < 1.29 is 19.0 Å². The number of benzene rings is 1. The summed E-state index contributed by atoms with van der Waals surface area (Å²) in [5.74, 6) is 1.30. The molecule has 2 rings (SSSR count). The molecule has 1 aliphatic heterocycles. The molecule has 124 valence electrons. The van der Waals surface area contributed by atoms with Crippen LogP contribution in [0, 0.1) is 0 Å². The van der Waals surface area contributed by atoms with E-state index in [1.807, 2.05) is 18.2 Å². The van der Waals surface area contributed by atoms with Crippen molar-refractivity contribution in [3.8, 4) is 11.5 Å². The van der Waals surface area contributed by atoms with Crippen molar-refractivity contribution in [1.82, 2.24) is 4.90 Å². The topological polar surface area (TPSA) is 48.0 Å². The van der Waals surface area contributed by atoms with Gasteiger partial charge in [-0.25, -0.2) is 0 Å². The maximum atomic E-state index is 12.5. The number of nitrogens with zero attached hydrogens (tertiary/aromatic N) is 1. The normalized spacial score (nSPS) is 16.3. The number of amides is 1. The first-order valence-corrected chi connectivity index (χ1v) is 8.29. The number of hydrogen-bond acceptors (Lipinski definition) is 6. The number of methoxy groups -OCH3 is 3. The van der Waals surface area contributed by atoms with Crippen LogP contribution in [0.1, 0.15) is 12.0 Å². The van der Waals surface area contributed by atoms with E-state index < -0.39 is 0 Å². The minimum Gasteiger partial charge on any atom is -0.497 e. The molecule has 0 N–H and O–H groups in total. The molecule has 1 aromatic carbocycles. The Hall–Kier alpha value is -1.57. The molecule has 1 aromatic rings. The first-order chi connectivity index (χ1) is 11.1. The Bertz CT molecular complexity index is 631. The summed E-state index contributed by atoms with van der Waals surface area (Å²) in [7, 11) is 4.83. The van der Waals surface area contributed by atoms with Gasteiger partial charge in [-0.1, -0.05) is 24.0 Å². The van der Waals surface area contributed by atoms with Crippen LogP contribution in [0.25, 0.3) is 6.08 Å². The van der Waals surface area contributed by atoms with Crippen LogP contribution < -0.4 is 9.47 Å². The fourth-order valence-corrected chi connectivity index (χ4v) is 3.45. The third-order valence-corrected chi connectivity index (χ3v) is 4.71. The summed E-state index contributed by atoms with van der Waals surface area (Å²) >= 11 is 6.60. The van der Waals surface area contributed by atoms with Crippen molar-refractivity contribution in [3.63, 3.8) is 0 Å². The van der Waals surface area contributed by atoms with Gasteiger partial charge in [0.25, 0.3) is 5.91 Å². The highest BCUT2D eigenvalue weighted by atomic mass is 32.2. The van der Waals surface area contributed by atoms with Gasteiger partial charge in [0.1, 0.15) is 15.8 Å². The van der Waals surface area contributed by atoms with E-state index in [2.05, 4.69) is 0 Å². The number of thioether (sulfide) groups is 1. The maximum absolute atomic E-state index is 12.5. The molecular formula is C16H19NO4S2. The molecule has 7 heteroatoms. The molecule has 0 atom stereocenters. The molecule has 0 aromatic heterocycles. The third-order valence-electron chi connectivity index (χ3n) is 3.33. The van der Waals surface area contributed by atoms with Crippen LogP contribution in [0.4, 0.5) is 0 Å². The van der Waals surface area contributed by atoms with Gasteiger partial charge in [-0.05, 0) is 30.7 Å². The van der Waals surface area contributed by atoms with Gasteiger partial charge in [0.05, 0.1) is 19.1 Å². The van der Waals surface area contributed by atoms with Crippen molar-refractivity contribution in [2.24, 2.45) is 0 Å². The van der Waals surface area contributed by atoms with Gasteiger partial charge in [0, 0.05) is 25.8 Å². The Morgan fingerprint density at radius 3 is 2.70 bits per heavy atom. The number of hydrogen-bond donors (Lipinski definition) is 0. The van der Waals surface area contributed by atoms with E-state index >= 15 is 0 Å². The van der Waals surface area contributed by atoms with Crippen LogP contribution in [0.2, 0.25) is 0 Å². The lowest BCUT2D eigenvalue weighted by atomic mass is 10.1. The van der Waals surface area contributed by atoms with Gasteiger partial charge in [-0.3, -0.25) is 9.69 Å². The average molecular weight is 353 g/mol. The number of carbonyl (C=O) groups excluding carboxylic acids is 1. The molecule has 0 radical (unpaired) electrons. The molecule has 5 nitrogen and oxygen atoms in total. The second-order valence-electron chi connectivity index (χ2n) is 4.79. The Morgan fingerprint density at radius 1 is 1.26 bits per heavy atom. The summed E-state index contributed by atoms with van der Waals surface area (Å²) < 4.78 is 16.2. The van der Waals surface area contributed by atoms with Crippen LogP contribution in [-0.2, 0) is 9.53 Å². The van der Waals surface area contributed by atoms with Crippen LogP contribution in [0.3, 0.4) is 0 Å². The zero-order valence-corrected chi connectivity index (χ0v) is 15.0. The van der Waals surface area contributed by atoms with Crippen LogP contribution in [-0.4, -0.2) is 49.6 Å². The second kappa shape index (κ2) is 8.33. The Balaban J connectivity index is 2.23. The second-order valence-corrected chi connectivity index (χ2v) is 6.46. The van der Waals surface area contributed by atoms with Crippen LogP contribution in [0.15, 0.2) is 23.1 Å². The fraction of sp³-hybridized carbons (Fsp3) is 0.375. The number of carbonyl (C=O) groups is 1. The summed E-state index contributed by atoms with van der Waals surface area (Å²) in [6, 6.07) is 5.45. The largest absolute Gasteiger partial charge is 0.497 e. The average Bonchev–Trinajstić information content (AvgIpc) is 2.82. The van der Waals surface area contributed by atoms with Crippen molar-refractivity contribution in [3.05, 3.63) is 28.7 Å². The number of rotatable bonds is 7. The lowest BCUT2D eigenvalue weighted by Crippen LogP contribution is -2.29. The predicted octanol–water partition coefficient (Wildman–Crippen LogP) is 2.94. The molecule has 1 aliphatic rings. The van der Waals surface area contributed by atoms with Gasteiger partial charge in [-0.2, -0.15) is 0 Å². The quantitative estimate of drug-likeness (QED) is 0.427. The van der Waals surface area contributed by atoms with E-state index in [0.29, 0.717) is 33.9 Å². The minimum absolute atomic E-state index is 0.0824. The highest BCUT2D eigenvalue weighted by Crippen LogP contribution is 2.35. The monoisotopic (exact) mass is 353 g/mol. The van der Waals surface area contributed by atoms with Gasteiger partial charge in [0.2, 0.25) is 0 Å². The third kappa shape index (κ3) is 4.25. The molecule has 1 heterocycles. The van der Waals surface area contributed by atoms with Gasteiger partial charge in [0.15, 0.2) is 0 Å². The molecule has 0 spiro atoms. The van der Waals surface area contributed by atoms with Crippen molar-refractivity contribution >= 4 is 40.3 Å². The van der Waals surface area contributed by atoms with Gasteiger partial charge >= 0.3 is 0 Å². The Morgan fingerprint density at radius 2 is 2.04 bits per heavy atom. The molecule has 23 heavy (non-hydrogen) atoms. The fourth-order valence-electron chi connectivity index (χ4n) is 2.15. The lowest BCUT2D eigenvalue weighted by molar-refractivity contribution is -0.122. The molecule has 1 amide bonds. The van der Waals surface area contributed by atoms with Crippen LogP contribution >= 0.6 is 24.0 Å². The van der Waals surface area contributed by atoms with E-state index in [4.69, 9.17) is 26.4 Å². The van der Waals surface area contributed by atoms with Gasteiger partial charge in [-0.15, -0.1) is 0 Å². The summed E-state index contributed by atoms with van der Waals surface area (Å²) in [5.41, 5.74) is 0.782. The minimum atomic E-state index is -0.0824. The summed E-state index contributed by atoms with van der Waals surface area (Å²) in [6.07, 6.45) is 2.54. The number of thiocarbonyl (C=S) groups is 1. The first kappa shape index (κ1) is 17.8.